The summed E-state index contributed by atoms with van der Waals surface area (Å²) in [5.41, 5.74) is 0.621. The minimum absolute atomic E-state index is 0.0927. The van der Waals surface area contributed by atoms with Gasteiger partial charge < -0.3 is 0 Å². The summed E-state index contributed by atoms with van der Waals surface area (Å²) in [5, 5.41) is 2.76. The van der Waals surface area contributed by atoms with Gasteiger partial charge in [-0.1, -0.05) is 47.5 Å². The molecule has 4 rings (SSSR count). The van der Waals surface area contributed by atoms with Crippen LogP contribution in [-0.2, 0) is 0 Å². The molecule has 0 aliphatic heterocycles. The summed E-state index contributed by atoms with van der Waals surface area (Å²) in [6.45, 7) is 0. The first kappa shape index (κ1) is 13.0. The quantitative estimate of drug-likeness (QED) is 0.249. The summed E-state index contributed by atoms with van der Waals surface area (Å²) < 4.78 is 1.52. The van der Waals surface area contributed by atoms with Crippen molar-refractivity contribution in [2.45, 2.75) is 0 Å². The van der Waals surface area contributed by atoms with E-state index >= 15 is 0 Å². The minimum Gasteiger partial charge on any atom is -0.288 e. The highest BCUT2D eigenvalue weighted by atomic mass is 35.5. The average Bonchev–Trinajstić information content (AvgIpc) is 2.47. The summed E-state index contributed by atoms with van der Waals surface area (Å²) >= 11 is 13.9. The number of benzene rings is 2. The van der Waals surface area contributed by atoms with Gasteiger partial charge >= 0.3 is 0 Å². The van der Waals surface area contributed by atoms with E-state index in [0.29, 0.717) is 31.2 Å². The monoisotopic (exact) mass is 331 g/mol. The van der Waals surface area contributed by atoms with Gasteiger partial charge in [0.15, 0.2) is 5.43 Å². The zero-order valence-corrected chi connectivity index (χ0v) is 12.9. The molecule has 0 spiro atoms. The Kier molecular flexibility index (Phi) is 2.89. The molecule has 0 fully saturated rings. The first-order chi connectivity index (χ1) is 10.2. The van der Waals surface area contributed by atoms with Crippen molar-refractivity contribution in [2.75, 3.05) is 0 Å². The Hall–Kier alpha value is -1.68. The van der Waals surface area contributed by atoms with Gasteiger partial charge in [0.1, 0.15) is 5.15 Å². The van der Waals surface area contributed by atoms with Crippen LogP contribution in [0.25, 0.3) is 31.1 Å². The Bertz CT molecular complexity index is 1090. The average molecular weight is 332 g/mol. The van der Waals surface area contributed by atoms with E-state index in [4.69, 9.17) is 23.2 Å². The number of para-hydroxylation sites is 1. The van der Waals surface area contributed by atoms with Gasteiger partial charge in [0, 0.05) is 10.1 Å². The van der Waals surface area contributed by atoms with Crippen LogP contribution in [-0.4, -0.2) is 4.98 Å². The van der Waals surface area contributed by atoms with Crippen molar-refractivity contribution in [1.29, 1.82) is 0 Å². The molecule has 0 amide bonds. The topological polar surface area (TPSA) is 30.0 Å². The first-order valence-corrected chi connectivity index (χ1v) is 7.83. The van der Waals surface area contributed by atoms with Crippen LogP contribution < -0.4 is 5.43 Å². The molecule has 0 bridgehead atoms. The van der Waals surface area contributed by atoms with Crippen LogP contribution in [0.5, 0.6) is 0 Å². The molecule has 0 radical (unpaired) electrons. The summed E-state index contributed by atoms with van der Waals surface area (Å²) in [6, 6.07) is 12.9. The van der Waals surface area contributed by atoms with Gasteiger partial charge in [0.2, 0.25) is 0 Å². The van der Waals surface area contributed by atoms with Crippen LogP contribution in [0.15, 0.2) is 47.3 Å². The lowest BCUT2D eigenvalue weighted by Gasteiger charge is -2.07. The fourth-order valence-corrected chi connectivity index (χ4v) is 4.25. The predicted octanol–water partition coefficient (Wildman–Crippen LogP) is 5.27. The van der Waals surface area contributed by atoms with Crippen molar-refractivity contribution in [3.8, 4) is 0 Å². The number of halogens is 2. The summed E-state index contributed by atoms with van der Waals surface area (Å²) in [4.78, 5) is 17.3. The zero-order valence-electron chi connectivity index (χ0n) is 10.6. The molecule has 0 N–H and O–H groups in total. The minimum atomic E-state index is -0.0927. The Labute approximate surface area is 133 Å². The third-order valence-corrected chi connectivity index (χ3v) is 5.31. The van der Waals surface area contributed by atoms with E-state index in [1.54, 1.807) is 6.07 Å². The highest BCUT2D eigenvalue weighted by molar-refractivity contribution is 7.25. The van der Waals surface area contributed by atoms with E-state index in [9.17, 15) is 4.79 Å². The van der Waals surface area contributed by atoms with Crippen LogP contribution in [0.2, 0.25) is 10.2 Å². The Morgan fingerprint density at radius 3 is 2.62 bits per heavy atom. The Morgan fingerprint density at radius 1 is 0.952 bits per heavy atom. The van der Waals surface area contributed by atoms with Crippen molar-refractivity contribution in [3.63, 3.8) is 0 Å². The van der Waals surface area contributed by atoms with E-state index in [0.717, 1.165) is 10.1 Å². The second kappa shape index (κ2) is 4.67. The Balaban J connectivity index is 2.41. The van der Waals surface area contributed by atoms with Gasteiger partial charge in [-0.25, -0.2) is 4.98 Å². The highest BCUT2D eigenvalue weighted by Gasteiger charge is 2.15. The van der Waals surface area contributed by atoms with Crippen LogP contribution >= 0.6 is 34.5 Å². The van der Waals surface area contributed by atoms with Gasteiger partial charge in [-0.05, 0) is 18.2 Å². The van der Waals surface area contributed by atoms with E-state index in [1.807, 2.05) is 36.4 Å². The molecule has 2 nitrogen and oxygen atoms in total. The molecule has 2 heterocycles. The second-order valence-electron chi connectivity index (χ2n) is 4.67. The number of pyridine rings is 1. The summed E-state index contributed by atoms with van der Waals surface area (Å²) in [7, 11) is 0. The maximum absolute atomic E-state index is 12.9. The van der Waals surface area contributed by atoms with Gasteiger partial charge in [0.05, 0.1) is 26.0 Å². The van der Waals surface area contributed by atoms with E-state index in [-0.39, 0.29) is 5.43 Å². The van der Waals surface area contributed by atoms with Crippen molar-refractivity contribution in [3.05, 3.63) is 62.9 Å². The van der Waals surface area contributed by atoms with Crippen molar-refractivity contribution in [1.82, 2.24) is 4.98 Å². The van der Waals surface area contributed by atoms with Crippen LogP contribution in [0.4, 0.5) is 0 Å². The lowest BCUT2D eigenvalue weighted by atomic mass is 10.1. The number of fused-ring (bicyclic) bond motifs is 4. The molecule has 21 heavy (non-hydrogen) atoms. The van der Waals surface area contributed by atoms with E-state index in [1.165, 1.54) is 11.3 Å². The third kappa shape index (κ3) is 1.85. The molecule has 2 aromatic heterocycles. The number of nitrogens with zero attached hydrogens (tertiary/aromatic N) is 1. The van der Waals surface area contributed by atoms with Crippen molar-refractivity contribution in [2.24, 2.45) is 0 Å². The molecule has 0 atom stereocenters. The maximum Gasteiger partial charge on any atom is 0.198 e. The van der Waals surface area contributed by atoms with E-state index in [2.05, 4.69) is 4.98 Å². The van der Waals surface area contributed by atoms with Gasteiger partial charge in [-0.3, -0.25) is 4.79 Å². The van der Waals surface area contributed by atoms with Crippen LogP contribution in [0, 0.1) is 0 Å². The Morgan fingerprint density at radius 2 is 1.76 bits per heavy atom. The fraction of sp³-hybridized carbons (Fsp3) is 0. The second-order valence-corrected chi connectivity index (χ2v) is 6.49. The molecule has 0 saturated heterocycles. The lowest BCUT2D eigenvalue weighted by Crippen LogP contribution is -2.03. The predicted molar refractivity (Wildman–Crippen MR) is 90.9 cm³/mol. The number of hydrogen-bond acceptors (Lipinski definition) is 3. The molecule has 5 heteroatoms. The zero-order chi connectivity index (χ0) is 14.6. The van der Waals surface area contributed by atoms with Gasteiger partial charge in [-0.2, -0.15) is 0 Å². The van der Waals surface area contributed by atoms with Crippen LogP contribution in [0.1, 0.15) is 0 Å². The number of aromatic nitrogens is 1. The molecule has 102 valence electrons. The highest BCUT2D eigenvalue weighted by Crippen LogP contribution is 2.35. The molecule has 2 aromatic carbocycles. The first-order valence-electron chi connectivity index (χ1n) is 6.26. The maximum atomic E-state index is 12.9. The van der Waals surface area contributed by atoms with Crippen molar-refractivity contribution >= 4 is 65.6 Å². The summed E-state index contributed by atoms with van der Waals surface area (Å²) in [5.74, 6) is 0. The molecule has 0 aliphatic rings. The van der Waals surface area contributed by atoms with Crippen LogP contribution in [0.3, 0.4) is 0 Å². The van der Waals surface area contributed by atoms with E-state index < -0.39 is 0 Å². The summed E-state index contributed by atoms with van der Waals surface area (Å²) in [6.07, 6.45) is 0. The lowest BCUT2D eigenvalue weighted by molar-refractivity contribution is 1.45. The molecule has 0 aliphatic carbocycles. The third-order valence-electron chi connectivity index (χ3n) is 3.45. The normalized spacial score (nSPS) is 11.5. The van der Waals surface area contributed by atoms with Gasteiger partial charge in [-0.15, -0.1) is 11.3 Å². The number of hydrogen-bond donors (Lipinski definition) is 0. The molecular formula is C16H7Cl2NOS. The molecule has 0 unspecified atom stereocenters. The standard InChI is InChI=1S/C16H7Cl2NOS/c17-9-5-3-7-11-13(9)14(20)12-8-4-1-2-6-10(8)19-16(18)15(12)21-11/h1-7H. The largest absolute Gasteiger partial charge is 0.288 e. The van der Waals surface area contributed by atoms with Crippen molar-refractivity contribution < 1.29 is 0 Å². The number of rotatable bonds is 0. The smallest absolute Gasteiger partial charge is 0.198 e. The fourth-order valence-electron chi connectivity index (χ4n) is 2.53. The van der Waals surface area contributed by atoms with Gasteiger partial charge in [0.25, 0.3) is 0 Å². The molecule has 4 aromatic rings. The SMILES string of the molecule is O=c1c2c(Cl)cccc2sc2c(Cl)nc3ccccc3c12. The molecular weight excluding hydrogens is 325 g/mol. The molecule has 0 saturated carbocycles.